The fourth-order valence-corrected chi connectivity index (χ4v) is 6.29. The molecule has 0 bridgehead atoms. The predicted molar refractivity (Wildman–Crippen MR) is 178 cm³/mol. The smallest absolute Gasteiger partial charge is 0.257 e. The van der Waals surface area contributed by atoms with Crippen LogP contribution in [0.1, 0.15) is 58.3 Å². The number of imidazole rings is 1. The van der Waals surface area contributed by atoms with Crippen molar-refractivity contribution in [2.45, 2.75) is 57.9 Å². The number of nitrogens with zero attached hydrogens (tertiary/aromatic N) is 5. The molecule has 11 heteroatoms. The summed E-state index contributed by atoms with van der Waals surface area (Å²) in [5, 5.41) is 3.34. The summed E-state index contributed by atoms with van der Waals surface area (Å²) in [5.74, 6) is 1.18. The Bertz CT molecular complexity index is 1890. The van der Waals surface area contributed by atoms with Gasteiger partial charge in [-0.25, -0.2) is 14.4 Å². The van der Waals surface area contributed by atoms with Gasteiger partial charge in [0.2, 0.25) is 5.88 Å². The van der Waals surface area contributed by atoms with Gasteiger partial charge in [-0.3, -0.25) is 14.7 Å². The molecule has 2 aromatic carbocycles. The second kappa shape index (κ2) is 13.8. The van der Waals surface area contributed by atoms with Gasteiger partial charge in [0.05, 0.1) is 35.8 Å². The van der Waals surface area contributed by atoms with Crippen LogP contribution in [0.25, 0.3) is 11.0 Å². The van der Waals surface area contributed by atoms with Crippen molar-refractivity contribution in [1.29, 1.82) is 0 Å². The van der Waals surface area contributed by atoms with E-state index in [0.29, 0.717) is 40.2 Å². The summed E-state index contributed by atoms with van der Waals surface area (Å²) in [7, 11) is 0. The van der Waals surface area contributed by atoms with E-state index >= 15 is 0 Å². The summed E-state index contributed by atoms with van der Waals surface area (Å²) >= 11 is 5.87. The van der Waals surface area contributed by atoms with Crippen LogP contribution in [-0.2, 0) is 24.4 Å². The molecule has 2 aliphatic heterocycles. The van der Waals surface area contributed by atoms with Crippen LogP contribution in [0, 0.1) is 12.7 Å². The topological polar surface area (TPSA) is 94.4 Å². The summed E-state index contributed by atoms with van der Waals surface area (Å²) in [6, 6.07) is 19.9. The van der Waals surface area contributed by atoms with Crippen molar-refractivity contribution in [2.75, 3.05) is 25.0 Å². The molecule has 0 spiro atoms. The number of piperidine rings is 1. The van der Waals surface area contributed by atoms with Gasteiger partial charge in [-0.15, -0.1) is 0 Å². The molecule has 0 aliphatic carbocycles. The molecule has 2 saturated heterocycles. The second-order valence-electron chi connectivity index (χ2n) is 12.2. The van der Waals surface area contributed by atoms with Crippen LogP contribution in [-0.4, -0.2) is 56.1 Å². The van der Waals surface area contributed by atoms with Crippen LogP contribution < -0.4 is 10.1 Å². The van der Waals surface area contributed by atoms with E-state index in [0.717, 1.165) is 73.7 Å². The molecule has 5 aromatic rings. The van der Waals surface area contributed by atoms with Crippen molar-refractivity contribution in [1.82, 2.24) is 24.4 Å². The second-order valence-corrected chi connectivity index (χ2v) is 12.7. The minimum atomic E-state index is -0.391. The molecule has 0 saturated carbocycles. The minimum Gasteiger partial charge on any atom is -0.473 e. The van der Waals surface area contributed by atoms with Crippen LogP contribution in [0.4, 0.5) is 10.1 Å². The van der Waals surface area contributed by atoms with Crippen LogP contribution in [0.2, 0.25) is 5.02 Å². The molecule has 2 aliphatic rings. The number of fused-ring (bicyclic) bond motifs is 1. The summed E-state index contributed by atoms with van der Waals surface area (Å²) in [6.45, 7) is 6.05. The molecular weight excluding hydrogens is 619 g/mol. The van der Waals surface area contributed by atoms with Crippen LogP contribution >= 0.6 is 11.6 Å². The standard InChI is InChI=1S/C36H36ClFN6O3/c1-23-5-6-25(19-39-23)36(45)40-28-9-10-33-32(18-28)41-34(44(33)20-29-13-16-46-29)21-43-14-11-24(12-15-43)31-3-2-4-35(42-31)47-22-26-7-8-27(37)17-30(26)38/h2-10,17-19,24,29H,11-16,20-22H2,1H3,(H,40,45)/t29-/m0/s1. The van der Waals surface area contributed by atoms with E-state index in [4.69, 9.17) is 31.0 Å². The van der Waals surface area contributed by atoms with Crippen LogP contribution in [0.5, 0.6) is 5.88 Å². The maximum atomic E-state index is 14.2. The first-order chi connectivity index (χ1) is 22.9. The molecule has 7 rings (SSSR count). The van der Waals surface area contributed by atoms with E-state index in [1.807, 2.05) is 43.3 Å². The van der Waals surface area contributed by atoms with E-state index in [2.05, 4.69) is 19.8 Å². The number of rotatable bonds is 10. The number of aromatic nitrogens is 4. The SMILES string of the molecule is Cc1ccc(C(=O)Nc2ccc3c(c2)nc(CN2CCC(c4cccc(OCc5ccc(Cl)cc5F)n4)CC2)n3C[C@@H]2CCO2)cn1. The normalized spacial score (nSPS) is 17.0. The molecule has 9 nitrogen and oxygen atoms in total. The summed E-state index contributed by atoms with van der Waals surface area (Å²) in [5.41, 5.74) is 5.36. The third kappa shape index (κ3) is 7.30. The molecule has 3 aromatic heterocycles. The van der Waals surface area contributed by atoms with Crippen LogP contribution in [0.15, 0.2) is 72.9 Å². The third-order valence-electron chi connectivity index (χ3n) is 8.94. The Kier molecular flexibility index (Phi) is 9.15. The number of nitrogens with one attached hydrogen (secondary N) is 1. The Morgan fingerprint density at radius 2 is 1.91 bits per heavy atom. The van der Waals surface area contributed by atoms with E-state index in [1.54, 1.807) is 30.5 Å². The molecule has 242 valence electrons. The van der Waals surface area contributed by atoms with Gasteiger partial charge in [-0.05, 0) is 87.8 Å². The van der Waals surface area contributed by atoms with Gasteiger partial charge in [-0.1, -0.05) is 23.7 Å². The van der Waals surface area contributed by atoms with Gasteiger partial charge in [0.25, 0.3) is 5.91 Å². The van der Waals surface area contributed by atoms with Gasteiger partial charge in [0, 0.05) is 52.4 Å². The summed E-state index contributed by atoms with van der Waals surface area (Å²) in [6.07, 6.45) is 4.72. The number of halogens is 2. The maximum absolute atomic E-state index is 14.2. The molecule has 0 radical (unpaired) electrons. The monoisotopic (exact) mass is 654 g/mol. The predicted octanol–water partition coefficient (Wildman–Crippen LogP) is 6.93. The van der Waals surface area contributed by atoms with Gasteiger partial charge >= 0.3 is 0 Å². The highest BCUT2D eigenvalue weighted by Gasteiger charge is 2.26. The first-order valence-electron chi connectivity index (χ1n) is 16.0. The lowest BCUT2D eigenvalue weighted by Gasteiger charge is -2.32. The Morgan fingerprint density at radius 3 is 2.66 bits per heavy atom. The van der Waals surface area contributed by atoms with E-state index in [1.165, 1.54) is 6.07 Å². The molecule has 1 amide bonds. The highest BCUT2D eigenvalue weighted by atomic mass is 35.5. The Labute approximate surface area is 277 Å². The number of aryl methyl sites for hydroxylation is 1. The third-order valence-corrected chi connectivity index (χ3v) is 9.18. The van der Waals surface area contributed by atoms with E-state index in [9.17, 15) is 9.18 Å². The lowest BCUT2D eigenvalue weighted by molar-refractivity contribution is -0.0592. The molecule has 1 N–H and O–H groups in total. The van der Waals surface area contributed by atoms with Gasteiger partial charge in [-0.2, -0.15) is 0 Å². The Morgan fingerprint density at radius 1 is 1.06 bits per heavy atom. The number of amides is 1. The molecule has 5 heterocycles. The van der Waals surface area contributed by atoms with Crippen molar-refractivity contribution >= 4 is 34.2 Å². The summed E-state index contributed by atoms with van der Waals surface area (Å²) < 4.78 is 28.1. The fourth-order valence-electron chi connectivity index (χ4n) is 6.14. The number of ether oxygens (including phenoxy) is 2. The first-order valence-corrected chi connectivity index (χ1v) is 16.4. The zero-order valence-corrected chi connectivity index (χ0v) is 26.9. The number of hydrogen-bond acceptors (Lipinski definition) is 7. The molecule has 1 atom stereocenters. The zero-order chi connectivity index (χ0) is 32.3. The van der Waals surface area contributed by atoms with Gasteiger partial charge in [0.15, 0.2) is 0 Å². The highest BCUT2D eigenvalue weighted by Crippen LogP contribution is 2.30. The fraction of sp³-hybridized carbons (Fsp3) is 0.333. The zero-order valence-electron chi connectivity index (χ0n) is 26.2. The molecule has 2 fully saturated rings. The van der Waals surface area contributed by atoms with Crippen molar-refractivity contribution in [3.63, 3.8) is 0 Å². The van der Waals surface area contributed by atoms with Crippen molar-refractivity contribution < 1.29 is 18.7 Å². The lowest BCUT2D eigenvalue weighted by atomic mass is 9.93. The van der Waals surface area contributed by atoms with Crippen LogP contribution in [0.3, 0.4) is 0 Å². The van der Waals surface area contributed by atoms with E-state index < -0.39 is 5.82 Å². The summed E-state index contributed by atoms with van der Waals surface area (Å²) in [4.78, 5) is 29.3. The van der Waals surface area contributed by atoms with Crippen molar-refractivity contribution in [3.05, 3.63) is 112 Å². The van der Waals surface area contributed by atoms with Crippen molar-refractivity contribution in [3.8, 4) is 5.88 Å². The van der Waals surface area contributed by atoms with Gasteiger partial charge < -0.3 is 19.4 Å². The van der Waals surface area contributed by atoms with E-state index in [-0.39, 0.29) is 18.6 Å². The number of hydrogen-bond donors (Lipinski definition) is 1. The number of anilines is 1. The number of benzene rings is 2. The average Bonchev–Trinajstić information content (AvgIpc) is 3.38. The number of pyridine rings is 2. The largest absolute Gasteiger partial charge is 0.473 e. The Hall–Kier alpha value is -4.38. The maximum Gasteiger partial charge on any atom is 0.257 e. The average molecular weight is 655 g/mol. The molecule has 47 heavy (non-hydrogen) atoms. The minimum absolute atomic E-state index is 0.0862. The number of carbonyl (C=O) groups excluding carboxylic acids is 1. The molecular formula is C36H36ClFN6O3. The van der Waals surface area contributed by atoms with Gasteiger partial charge in [0.1, 0.15) is 18.2 Å². The van der Waals surface area contributed by atoms with Crippen molar-refractivity contribution in [2.24, 2.45) is 0 Å². The lowest BCUT2D eigenvalue weighted by Crippen LogP contribution is -2.35. The number of likely N-dealkylation sites (tertiary alicyclic amines) is 1. The Balaban J connectivity index is 1.01. The first kappa shape index (κ1) is 31.2. The highest BCUT2D eigenvalue weighted by molar-refractivity contribution is 6.30. The molecule has 0 unspecified atom stereocenters. The quantitative estimate of drug-likeness (QED) is 0.175. The number of carbonyl (C=O) groups is 1.